The van der Waals surface area contributed by atoms with Crippen LogP contribution in [0.25, 0.3) is 0 Å². The van der Waals surface area contributed by atoms with Crippen LogP contribution in [0.3, 0.4) is 0 Å². The Morgan fingerprint density at radius 3 is 2.55 bits per heavy atom. The monoisotopic (exact) mass is 769 g/mol. The Morgan fingerprint density at radius 2 is 1.80 bits per heavy atom. The van der Waals surface area contributed by atoms with Gasteiger partial charge in [-0.15, -0.1) is 0 Å². The molecule has 2 unspecified atom stereocenters. The van der Waals surface area contributed by atoms with Crippen LogP contribution in [0.4, 0.5) is 0 Å². The molecule has 0 aromatic heterocycles. The molecule has 12 heteroatoms. The van der Waals surface area contributed by atoms with Crippen LogP contribution in [0.1, 0.15) is 105 Å². The van der Waals surface area contributed by atoms with Crippen molar-refractivity contribution in [2.75, 3.05) is 13.7 Å². The zero-order valence-electron chi connectivity index (χ0n) is 33.4. The third kappa shape index (κ3) is 8.17. The first-order chi connectivity index (χ1) is 26.4. The molecule has 5 heterocycles. The van der Waals surface area contributed by atoms with Gasteiger partial charge in [-0.2, -0.15) is 0 Å². The average molecular weight is 770 g/mol. The van der Waals surface area contributed by atoms with Gasteiger partial charge in [-0.25, -0.2) is 0 Å². The number of aliphatic hydroxyl groups is 2. The molecule has 2 aliphatic carbocycles. The summed E-state index contributed by atoms with van der Waals surface area (Å²) in [6, 6.07) is 0. The van der Waals surface area contributed by atoms with Crippen LogP contribution in [0, 0.1) is 23.7 Å². The number of aliphatic hydroxyl groups excluding tert-OH is 1. The second kappa shape index (κ2) is 16.8. The molecule has 0 radical (unpaired) electrons. The number of allylic oxidation sites excluding steroid dienone is 2. The molecule has 3 N–H and O–H groups in total. The van der Waals surface area contributed by atoms with Crippen LogP contribution >= 0.6 is 0 Å². The zero-order valence-corrected chi connectivity index (χ0v) is 33.4. The minimum absolute atomic E-state index is 0.0359. The van der Waals surface area contributed by atoms with Gasteiger partial charge in [0.2, 0.25) is 0 Å². The van der Waals surface area contributed by atoms with Crippen molar-refractivity contribution in [3.05, 3.63) is 47.1 Å². The molecule has 14 atom stereocenters. The maximum atomic E-state index is 14.4. The van der Waals surface area contributed by atoms with Gasteiger partial charge in [0.1, 0.15) is 35.5 Å². The first-order valence-corrected chi connectivity index (χ1v) is 20.7. The lowest BCUT2D eigenvalue weighted by molar-refractivity contribution is -0.342. The number of carbonyl (C=O) groups is 1. The predicted octanol–water partition coefficient (Wildman–Crippen LogP) is 6.07. The Balaban J connectivity index is 1.25. The summed E-state index contributed by atoms with van der Waals surface area (Å²) in [5.74, 6) is -1.83. The number of oxime groups is 1. The largest absolute Gasteiger partial charge is 0.462 e. The van der Waals surface area contributed by atoms with Gasteiger partial charge in [-0.05, 0) is 75.0 Å². The van der Waals surface area contributed by atoms with E-state index in [1.807, 2.05) is 19.1 Å². The first-order valence-electron chi connectivity index (χ1n) is 20.7. The molecule has 5 aliphatic heterocycles. The van der Waals surface area contributed by atoms with Crippen LogP contribution < -0.4 is 0 Å². The minimum Gasteiger partial charge on any atom is -0.462 e. The van der Waals surface area contributed by atoms with Crippen molar-refractivity contribution in [1.29, 1.82) is 0 Å². The lowest BCUT2D eigenvalue weighted by Gasteiger charge is -2.51. The van der Waals surface area contributed by atoms with Crippen LogP contribution in [0.2, 0.25) is 0 Å². The summed E-state index contributed by atoms with van der Waals surface area (Å²) in [7, 11) is 1.59. The zero-order chi connectivity index (χ0) is 39.1. The van der Waals surface area contributed by atoms with Gasteiger partial charge in [-0.3, -0.25) is 4.79 Å². The van der Waals surface area contributed by atoms with Gasteiger partial charge in [0.05, 0.1) is 37.1 Å². The van der Waals surface area contributed by atoms with Crippen molar-refractivity contribution < 1.29 is 53.4 Å². The van der Waals surface area contributed by atoms with E-state index in [2.05, 4.69) is 32.0 Å². The molecule has 4 saturated heterocycles. The Labute approximate surface area is 325 Å². The molecule has 5 fully saturated rings. The second-order valence-corrected chi connectivity index (χ2v) is 17.4. The lowest BCUT2D eigenvalue weighted by atomic mass is 9.71. The van der Waals surface area contributed by atoms with Crippen molar-refractivity contribution in [2.24, 2.45) is 28.8 Å². The SMILES string of the molecule is CO[C@H]1C[C@H](O[C@@H]2/C(C)=C/C[C@@H]3C[C@@H](C[C@]4(CC[C@H](C)C(C5CCCCC5)O4)O3)OC(=O)[C@@H]3C=C(C)/C(=N\O)[C@H]4OC/C(=C\C=C\[C@@H]2C)[C@]43O)OC(C)[C@@H]1O. The number of ether oxygens (including phenoxy) is 7. The molecule has 306 valence electrons. The quantitative estimate of drug-likeness (QED) is 0.132. The summed E-state index contributed by atoms with van der Waals surface area (Å²) in [5, 5.41) is 36.7. The summed E-state index contributed by atoms with van der Waals surface area (Å²) >= 11 is 0. The Hall–Kier alpha value is -2.42. The van der Waals surface area contributed by atoms with E-state index >= 15 is 0 Å². The number of methoxy groups -OCH3 is 1. The van der Waals surface area contributed by atoms with Crippen molar-refractivity contribution in [3.8, 4) is 0 Å². The van der Waals surface area contributed by atoms with Gasteiger partial charge in [0, 0.05) is 38.7 Å². The summed E-state index contributed by atoms with van der Waals surface area (Å²) in [4.78, 5) is 14.4. The second-order valence-electron chi connectivity index (χ2n) is 17.4. The van der Waals surface area contributed by atoms with E-state index in [0.29, 0.717) is 55.1 Å². The molecule has 12 nitrogen and oxygen atoms in total. The fourth-order valence-corrected chi connectivity index (χ4v) is 10.4. The van der Waals surface area contributed by atoms with E-state index in [4.69, 9.17) is 33.2 Å². The van der Waals surface area contributed by atoms with Crippen LogP contribution in [0.5, 0.6) is 0 Å². The smallest absolute Gasteiger partial charge is 0.316 e. The molecule has 7 rings (SSSR count). The lowest BCUT2D eigenvalue weighted by Crippen LogP contribution is -2.57. The third-order valence-corrected chi connectivity index (χ3v) is 13.6. The number of hydrogen-bond acceptors (Lipinski definition) is 12. The van der Waals surface area contributed by atoms with Crippen LogP contribution in [0.15, 0.2) is 52.3 Å². The first kappa shape index (κ1) is 40.8. The molecule has 1 spiro atoms. The van der Waals surface area contributed by atoms with Gasteiger partial charge in [-0.1, -0.05) is 68.6 Å². The van der Waals surface area contributed by atoms with E-state index in [1.54, 1.807) is 26.2 Å². The van der Waals surface area contributed by atoms with Gasteiger partial charge >= 0.3 is 5.97 Å². The summed E-state index contributed by atoms with van der Waals surface area (Å²) < 4.78 is 45.1. The fourth-order valence-electron chi connectivity index (χ4n) is 10.4. The molecule has 0 aromatic carbocycles. The van der Waals surface area contributed by atoms with Crippen molar-refractivity contribution in [2.45, 2.75) is 172 Å². The van der Waals surface area contributed by atoms with Gasteiger partial charge in [0.25, 0.3) is 0 Å². The van der Waals surface area contributed by atoms with E-state index in [0.717, 1.165) is 24.8 Å². The van der Waals surface area contributed by atoms with Crippen molar-refractivity contribution >= 4 is 11.7 Å². The highest BCUT2D eigenvalue weighted by Gasteiger charge is 2.60. The van der Waals surface area contributed by atoms with Gasteiger partial charge < -0.3 is 48.6 Å². The highest BCUT2D eigenvalue weighted by atomic mass is 16.7. The fraction of sp³-hybridized carbons (Fsp3) is 0.767. The summed E-state index contributed by atoms with van der Waals surface area (Å²) in [6.07, 6.45) is 14.4. The highest BCUT2D eigenvalue weighted by molar-refractivity contribution is 6.06. The molecule has 0 aromatic rings. The van der Waals surface area contributed by atoms with E-state index in [-0.39, 0.29) is 30.4 Å². The maximum Gasteiger partial charge on any atom is 0.316 e. The normalized spacial score (nSPS) is 47.9. The number of esters is 1. The molecular weight excluding hydrogens is 706 g/mol. The predicted molar refractivity (Wildman–Crippen MR) is 203 cm³/mol. The number of nitrogens with zero attached hydrogens (tertiary/aromatic N) is 1. The van der Waals surface area contributed by atoms with Crippen molar-refractivity contribution in [1.82, 2.24) is 0 Å². The number of carbonyl (C=O) groups excluding carboxylic acids is 1. The molecule has 0 amide bonds. The van der Waals surface area contributed by atoms with Gasteiger partial charge in [0.15, 0.2) is 12.1 Å². The molecule has 55 heavy (non-hydrogen) atoms. The molecule has 2 bridgehead atoms. The Bertz CT molecular complexity index is 1550. The Kier molecular flexibility index (Phi) is 12.5. The third-order valence-electron chi connectivity index (χ3n) is 13.6. The number of fused-ring (bicyclic) bond motifs is 2. The topological polar surface area (TPSA) is 155 Å². The molecular formula is C43H63NO11. The summed E-state index contributed by atoms with van der Waals surface area (Å²) in [6.45, 7) is 10.0. The number of rotatable bonds is 4. The minimum atomic E-state index is -1.83. The standard InChI is InChI=1S/C43H63NO11/c1-24-11-10-14-30-23-50-40-36(44-48)27(4)19-33(43(30,40)47)41(46)52-32-20-31(16-15-25(2)38(24)53-35-21-34(49-6)37(45)28(5)51-35)54-42(22-32)18-17-26(3)39(55-42)29-12-8-7-9-13-29/h10-11,14-15,19,24,26,28-29,31-35,37-40,45,47-48H,7-9,12-13,16-18,20-23H2,1-6H3/b11-10+,25-15+,30-14+,44-36+/t24-,26-,28?,31+,32-,33-,34-,35-,37-,38-,39?,40+,42+,43+/m0/s1. The number of hydrogen-bond donors (Lipinski definition) is 3. The van der Waals surface area contributed by atoms with E-state index in [9.17, 15) is 20.2 Å². The summed E-state index contributed by atoms with van der Waals surface area (Å²) in [5.41, 5.74) is 0.362. The Morgan fingerprint density at radius 1 is 1.02 bits per heavy atom. The van der Waals surface area contributed by atoms with E-state index < -0.39 is 66.2 Å². The molecule has 7 aliphatic rings. The highest BCUT2D eigenvalue weighted by Crippen LogP contribution is 2.48. The van der Waals surface area contributed by atoms with Crippen LogP contribution in [-0.2, 0) is 38.0 Å². The average Bonchev–Trinajstić information content (AvgIpc) is 3.50. The van der Waals surface area contributed by atoms with Crippen LogP contribution in [-0.4, -0.2) is 107 Å². The van der Waals surface area contributed by atoms with E-state index in [1.165, 1.54) is 19.3 Å². The molecule has 1 saturated carbocycles. The maximum absolute atomic E-state index is 14.4. The van der Waals surface area contributed by atoms with Crippen molar-refractivity contribution in [3.63, 3.8) is 0 Å².